The Morgan fingerprint density at radius 1 is 1.07 bits per heavy atom. The molecule has 0 aliphatic carbocycles. The second kappa shape index (κ2) is 8.92. The fourth-order valence-electron chi connectivity index (χ4n) is 3.75. The first-order valence-corrected chi connectivity index (χ1v) is 11.7. The predicted octanol–water partition coefficient (Wildman–Crippen LogP) is 3.17. The van der Waals surface area contributed by atoms with Crippen LogP contribution < -0.4 is 14.2 Å². The van der Waals surface area contributed by atoms with Crippen molar-refractivity contribution < 1.29 is 17.9 Å². The van der Waals surface area contributed by atoms with Crippen molar-refractivity contribution in [2.45, 2.75) is 23.8 Å². The second-order valence-corrected chi connectivity index (χ2v) is 9.75. The Hall–Kier alpha value is -1.80. The molecule has 2 aromatic rings. The maximum absolute atomic E-state index is 12.4. The van der Waals surface area contributed by atoms with Crippen molar-refractivity contribution in [3.8, 4) is 11.5 Å². The minimum absolute atomic E-state index is 0.0332. The van der Waals surface area contributed by atoms with Gasteiger partial charge in [0.05, 0.1) is 4.90 Å². The molecule has 0 radical (unpaired) electrons. The molecule has 0 amide bonds. The number of likely N-dealkylation sites (tertiary alicyclic amines) is 1. The first-order valence-electron chi connectivity index (χ1n) is 9.86. The van der Waals surface area contributed by atoms with Crippen LogP contribution in [0.25, 0.3) is 0 Å². The zero-order valence-electron chi connectivity index (χ0n) is 16.1. The van der Waals surface area contributed by atoms with Crippen molar-refractivity contribution in [2.75, 3.05) is 32.8 Å². The number of sulfonamides is 1. The molecule has 156 valence electrons. The van der Waals surface area contributed by atoms with Gasteiger partial charge in [0.15, 0.2) is 11.5 Å². The minimum atomic E-state index is -3.44. The van der Waals surface area contributed by atoms with Crippen LogP contribution in [-0.4, -0.2) is 52.2 Å². The highest BCUT2D eigenvalue weighted by Gasteiger charge is 2.27. The number of rotatable bonds is 6. The number of nitrogens with zero attached hydrogens (tertiary/aromatic N) is 1. The van der Waals surface area contributed by atoms with Crippen molar-refractivity contribution in [2.24, 2.45) is 5.92 Å². The molecule has 0 saturated carbocycles. The van der Waals surface area contributed by atoms with E-state index in [0.717, 1.165) is 38.2 Å². The molecule has 2 aromatic carbocycles. The van der Waals surface area contributed by atoms with Gasteiger partial charge in [-0.25, -0.2) is 13.1 Å². The lowest BCUT2D eigenvalue weighted by Crippen LogP contribution is -2.45. The molecule has 8 heteroatoms. The van der Waals surface area contributed by atoms with Crippen molar-refractivity contribution in [1.82, 2.24) is 9.62 Å². The summed E-state index contributed by atoms with van der Waals surface area (Å²) in [6.07, 6.45) is 1.87. The van der Waals surface area contributed by atoms with Gasteiger partial charge in [0.1, 0.15) is 12.7 Å². The summed E-state index contributed by atoms with van der Waals surface area (Å²) in [6.45, 7) is 3.61. The van der Waals surface area contributed by atoms with Crippen molar-refractivity contribution >= 4 is 21.6 Å². The van der Waals surface area contributed by atoms with Crippen molar-refractivity contribution in [3.63, 3.8) is 0 Å². The molecule has 0 aromatic heterocycles. The van der Waals surface area contributed by atoms with Crippen LogP contribution in [0.15, 0.2) is 53.4 Å². The summed E-state index contributed by atoms with van der Waals surface area (Å²) in [5, 5.41) is 0.631. The van der Waals surface area contributed by atoms with E-state index in [9.17, 15) is 8.42 Å². The summed E-state index contributed by atoms with van der Waals surface area (Å²) >= 11 is 6.04. The third-order valence-electron chi connectivity index (χ3n) is 5.41. The fourth-order valence-corrected chi connectivity index (χ4v) is 5.05. The molecule has 2 heterocycles. The Labute approximate surface area is 176 Å². The van der Waals surface area contributed by atoms with Crippen LogP contribution in [0.4, 0.5) is 0 Å². The maximum Gasteiger partial charge on any atom is 0.240 e. The average Bonchev–Trinajstić information content (AvgIpc) is 2.74. The first kappa shape index (κ1) is 20.5. The van der Waals surface area contributed by atoms with Crippen LogP contribution in [0.1, 0.15) is 12.8 Å². The number of hydrogen-bond acceptors (Lipinski definition) is 5. The minimum Gasteiger partial charge on any atom is -0.486 e. The largest absolute Gasteiger partial charge is 0.486 e. The smallest absolute Gasteiger partial charge is 0.240 e. The number of ether oxygens (including phenoxy) is 2. The molecule has 6 nitrogen and oxygen atoms in total. The highest BCUT2D eigenvalue weighted by atomic mass is 35.5. The molecular weight excluding hydrogens is 412 g/mol. The highest BCUT2D eigenvalue weighted by Crippen LogP contribution is 2.34. The lowest BCUT2D eigenvalue weighted by Gasteiger charge is -2.35. The van der Waals surface area contributed by atoms with Gasteiger partial charge < -0.3 is 9.47 Å². The predicted molar refractivity (Wildman–Crippen MR) is 112 cm³/mol. The summed E-state index contributed by atoms with van der Waals surface area (Å²) in [7, 11) is -3.44. The highest BCUT2D eigenvalue weighted by molar-refractivity contribution is 7.89. The molecule has 1 atom stereocenters. The zero-order chi connectivity index (χ0) is 20.3. The standard InChI is InChI=1S/C21H25ClN2O4S/c22-17-6-7-20-21(12-17)28-18(15-27-20)14-24-10-8-16(9-11-24)13-23-29(25,26)19-4-2-1-3-5-19/h1-7,12,16,18,23H,8-11,13-15H2. The van der Waals surface area contributed by atoms with Crippen LogP contribution in [0, 0.1) is 5.92 Å². The number of benzene rings is 2. The van der Waals surface area contributed by atoms with Gasteiger partial charge in [-0.05, 0) is 56.1 Å². The topological polar surface area (TPSA) is 67.9 Å². The lowest BCUT2D eigenvalue weighted by atomic mass is 9.97. The number of hydrogen-bond donors (Lipinski definition) is 1. The molecule has 2 aliphatic rings. The Bertz CT molecular complexity index is 931. The van der Waals surface area contributed by atoms with Crippen molar-refractivity contribution in [3.05, 3.63) is 53.6 Å². The monoisotopic (exact) mass is 436 g/mol. The number of nitrogens with one attached hydrogen (secondary N) is 1. The number of fused-ring (bicyclic) bond motifs is 1. The van der Waals surface area contributed by atoms with E-state index in [-0.39, 0.29) is 6.10 Å². The second-order valence-electron chi connectivity index (χ2n) is 7.55. The molecule has 1 saturated heterocycles. The molecule has 2 aliphatic heterocycles. The molecule has 29 heavy (non-hydrogen) atoms. The van der Waals surface area contributed by atoms with Gasteiger partial charge in [-0.3, -0.25) is 4.90 Å². The molecular formula is C21H25ClN2O4S. The van der Waals surface area contributed by atoms with Gasteiger partial charge in [-0.2, -0.15) is 0 Å². The summed E-state index contributed by atoms with van der Waals surface area (Å²) in [5.74, 6) is 1.77. The van der Waals surface area contributed by atoms with E-state index < -0.39 is 10.0 Å². The quantitative estimate of drug-likeness (QED) is 0.753. The van der Waals surface area contributed by atoms with Crippen LogP contribution in [0.3, 0.4) is 0 Å². The van der Waals surface area contributed by atoms with E-state index in [1.54, 1.807) is 36.4 Å². The normalized spacial score (nSPS) is 20.5. The van der Waals surface area contributed by atoms with Crippen molar-refractivity contribution in [1.29, 1.82) is 0 Å². The van der Waals surface area contributed by atoms with E-state index in [1.807, 2.05) is 12.1 Å². The molecule has 1 N–H and O–H groups in total. The Kier molecular flexibility index (Phi) is 6.29. The molecule has 0 spiro atoms. The Morgan fingerprint density at radius 3 is 2.59 bits per heavy atom. The molecule has 0 bridgehead atoms. The van der Waals surface area contributed by atoms with Crippen LogP contribution in [0.2, 0.25) is 5.02 Å². The van der Waals surface area contributed by atoms with E-state index in [4.69, 9.17) is 21.1 Å². The van der Waals surface area contributed by atoms with Gasteiger partial charge >= 0.3 is 0 Å². The van der Waals surface area contributed by atoms with Gasteiger partial charge in [-0.1, -0.05) is 29.8 Å². The average molecular weight is 437 g/mol. The first-order chi connectivity index (χ1) is 14.0. The molecule has 1 fully saturated rings. The summed E-state index contributed by atoms with van der Waals surface area (Å²) in [5.41, 5.74) is 0. The van der Waals surface area contributed by atoms with Gasteiger partial charge in [0.2, 0.25) is 10.0 Å². The summed E-state index contributed by atoms with van der Waals surface area (Å²) in [4.78, 5) is 2.67. The van der Waals surface area contributed by atoms with E-state index >= 15 is 0 Å². The van der Waals surface area contributed by atoms with E-state index in [1.165, 1.54) is 0 Å². The lowest BCUT2D eigenvalue weighted by molar-refractivity contribution is 0.0481. The van der Waals surface area contributed by atoms with E-state index in [2.05, 4.69) is 9.62 Å². The van der Waals surface area contributed by atoms with Crippen LogP contribution in [-0.2, 0) is 10.0 Å². The Balaban J connectivity index is 1.23. The van der Waals surface area contributed by atoms with E-state index in [0.29, 0.717) is 34.7 Å². The summed E-state index contributed by atoms with van der Waals surface area (Å²) in [6, 6.07) is 13.9. The van der Waals surface area contributed by atoms with Gasteiger partial charge in [-0.15, -0.1) is 0 Å². The summed E-state index contributed by atoms with van der Waals surface area (Å²) < 4.78 is 39.3. The third-order valence-corrected chi connectivity index (χ3v) is 7.08. The van der Waals surface area contributed by atoms with Crippen LogP contribution in [0.5, 0.6) is 11.5 Å². The Morgan fingerprint density at radius 2 is 1.83 bits per heavy atom. The van der Waals surface area contributed by atoms with Crippen LogP contribution >= 0.6 is 11.6 Å². The van der Waals surface area contributed by atoms with Gasteiger partial charge in [0, 0.05) is 24.2 Å². The SMILES string of the molecule is O=S(=O)(NCC1CCN(CC2COc3ccc(Cl)cc3O2)CC1)c1ccccc1. The molecule has 4 rings (SSSR count). The molecule has 1 unspecified atom stereocenters. The fraction of sp³-hybridized carbons (Fsp3) is 0.429. The zero-order valence-corrected chi connectivity index (χ0v) is 17.7. The number of halogens is 1. The third kappa shape index (κ3) is 5.22. The number of piperidine rings is 1. The van der Waals surface area contributed by atoms with Gasteiger partial charge in [0.25, 0.3) is 0 Å². The maximum atomic E-state index is 12.4.